The van der Waals surface area contributed by atoms with E-state index >= 15 is 0 Å². The summed E-state index contributed by atoms with van der Waals surface area (Å²) < 4.78 is 15.5. The van der Waals surface area contributed by atoms with Gasteiger partial charge >= 0.3 is 0 Å². The molecule has 5 heterocycles. The van der Waals surface area contributed by atoms with Crippen molar-refractivity contribution in [3.05, 3.63) is 317 Å². The summed E-state index contributed by atoms with van der Waals surface area (Å²) in [7, 11) is -1.88. The molecule has 2 unspecified atom stereocenters. The minimum atomic E-state index is -1.88. The molecule has 13 aromatic rings. The number of benzene rings is 11. The summed E-state index contributed by atoms with van der Waals surface area (Å²) in [5.41, 5.74) is 17.1. The molecule has 8 heteroatoms. The normalized spacial score (nSPS) is 16.5. The number of furan rings is 2. The van der Waals surface area contributed by atoms with Crippen LogP contribution in [0.2, 0.25) is 19.6 Å². The summed E-state index contributed by atoms with van der Waals surface area (Å²) in [6.07, 6.45) is 27.1. The predicted molar refractivity (Wildman–Crippen MR) is 397 cm³/mol. The van der Waals surface area contributed by atoms with E-state index in [4.69, 9.17) is 13.7 Å². The van der Waals surface area contributed by atoms with E-state index in [-0.39, 0.29) is 12.1 Å². The molecule has 0 N–H and O–H groups in total. The first-order chi connectivity index (χ1) is 46.1. The standard InChI is InChI=1S/C86H63N5O2Si/c1-54-35-42-68-66-32-18-16-27-60(66)53-90(74(68)46-54)76-49-71-80(81-70-43-40-63(47-77(70)92-85(76)81)88-45-21-28-58(51-88)56-24-11-7-12-25-56)82-72(84(83(71)87-2)91(61-29-13-8-14-30-61)62-38-36-57(37-39-62)55-22-9-6-10-23-55)50-75(79-69-44-41-64(94(3,4)5)48-78(69)93-86(79)82)89-52-59-26-15-17-31-65(59)67-33-19-20-34-73(67)89/h6-44,46-53,73-74H,45H2,1,3-5H3. The van der Waals surface area contributed by atoms with Crippen LogP contribution in [-0.2, 0) is 0 Å². The van der Waals surface area contributed by atoms with E-state index in [1.54, 1.807) is 0 Å². The summed E-state index contributed by atoms with van der Waals surface area (Å²) in [6, 6.07) is 76.0. The zero-order valence-electron chi connectivity index (χ0n) is 52.5. The number of fused-ring (bicyclic) bond motifs is 15. The summed E-state index contributed by atoms with van der Waals surface area (Å²) in [6.45, 7) is 20.1. The van der Waals surface area contributed by atoms with Gasteiger partial charge in [0.2, 0.25) is 5.69 Å². The van der Waals surface area contributed by atoms with Crippen LogP contribution in [-0.4, -0.2) is 26.7 Å². The van der Waals surface area contributed by atoms with Crippen molar-refractivity contribution in [2.45, 2.75) is 38.6 Å². The number of para-hydroxylation sites is 1. The topological polar surface area (TPSA) is 43.6 Å². The van der Waals surface area contributed by atoms with Crippen molar-refractivity contribution in [1.82, 2.24) is 0 Å². The quantitative estimate of drug-likeness (QED) is 0.0815. The van der Waals surface area contributed by atoms with Crippen LogP contribution in [0.15, 0.2) is 288 Å². The minimum absolute atomic E-state index is 0.151. The van der Waals surface area contributed by atoms with Gasteiger partial charge in [0.1, 0.15) is 16.7 Å². The maximum Gasteiger partial charge on any atom is 0.219 e. The van der Waals surface area contributed by atoms with E-state index in [1.165, 1.54) is 32.3 Å². The lowest BCUT2D eigenvalue weighted by molar-refractivity contribution is 0.667. The SMILES string of the molecule is [C-]#[N+]c1c(N(c2ccccc2)c2ccc(-c3ccccc3)cc2)c2cc(N3C=c4ccccc4=C4C=CC=CC43)c3c4ccc([Si](C)(C)C)cc4oc3c2c2c1cc(N1C=c3ccccc3=C3C=CC(C)=CC31)c1oc3cc(N4C=C(c5ccccc5)C=CC4)ccc3c12. The molecule has 5 aliphatic rings. The zero-order chi connectivity index (χ0) is 62.9. The molecular formula is C86H63N5O2Si. The first-order valence-electron chi connectivity index (χ1n) is 32.4. The highest BCUT2D eigenvalue weighted by atomic mass is 28.3. The molecule has 0 spiro atoms. The van der Waals surface area contributed by atoms with Crippen LogP contribution in [0.4, 0.5) is 39.8 Å². The molecule has 11 aromatic carbocycles. The van der Waals surface area contributed by atoms with Gasteiger partial charge in [-0.05, 0) is 127 Å². The number of rotatable bonds is 9. The molecule has 448 valence electrons. The lowest BCUT2D eigenvalue weighted by Crippen LogP contribution is -2.44. The van der Waals surface area contributed by atoms with E-state index < -0.39 is 8.07 Å². The molecule has 2 aromatic heterocycles. The van der Waals surface area contributed by atoms with Gasteiger partial charge in [0.25, 0.3) is 0 Å². The predicted octanol–water partition coefficient (Wildman–Crippen LogP) is 18.6. The van der Waals surface area contributed by atoms with Crippen molar-refractivity contribution in [1.29, 1.82) is 0 Å². The molecule has 0 radical (unpaired) electrons. The van der Waals surface area contributed by atoms with Gasteiger partial charge in [0.05, 0.1) is 49.2 Å². The fourth-order valence-electron chi connectivity index (χ4n) is 15.2. The molecule has 0 saturated carbocycles. The van der Waals surface area contributed by atoms with Crippen molar-refractivity contribution < 1.29 is 8.83 Å². The highest BCUT2D eigenvalue weighted by Gasteiger charge is 2.35. The van der Waals surface area contributed by atoms with E-state index in [0.717, 1.165) is 132 Å². The largest absolute Gasteiger partial charge is 0.455 e. The minimum Gasteiger partial charge on any atom is -0.455 e. The Kier molecular flexibility index (Phi) is 12.6. The Morgan fingerprint density at radius 3 is 1.84 bits per heavy atom. The summed E-state index contributed by atoms with van der Waals surface area (Å²) in [5.74, 6) is 0. The van der Waals surface area contributed by atoms with Crippen LogP contribution in [0.25, 0.3) is 111 Å². The monoisotopic (exact) mass is 1230 g/mol. The molecular weight excluding hydrogens is 1160 g/mol. The second-order valence-corrected chi connectivity index (χ2v) is 31.4. The smallest absolute Gasteiger partial charge is 0.219 e. The van der Waals surface area contributed by atoms with Gasteiger partial charge in [-0.1, -0.05) is 237 Å². The molecule has 0 fully saturated rings. The summed E-state index contributed by atoms with van der Waals surface area (Å²) >= 11 is 0. The third-order valence-corrected chi connectivity index (χ3v) is 21.8. The van der Waals surface area contributed by atoms with Crippen molar-refractivity contribution >= 4 is 148 Å². The van der Waals surface area contributed by atoms with Crippen LogP contribution >= 0.6 is 0 Å². The van der Waals surface area contributed by atoms with Crippen molar-refractivity contribution in [2.24, 2.45) is 0 Å². The van der Waals surface area contributed by atoms with Gasteiger partial charge < -0.3 is 28.4 Å². The first-order valence-corrected chi connectivity index (χ1v) is 35.9. The number of nitrogens with zero attached hydrogens (tertiary/aromatic N) is 5. The third kappa shape index (κ3) is 8.76. The van der Waals surface area contributed by atoms with Gasteiger partial charge in [-0.25, -0.2) is 4.85 Å². The van der Waals surface area contributed by atoms with E-state index in [9.17, 15) is 6.57 Å². The van der Waals surface area contributed by atoms with Gasteiger partial charge in [-0.3, -0.25) is 0 Å². The van der Waals surface area contributed by atoms with Crippen LogP contribution < -0.4 is 45.7 Å². The van der Waals surface area contributed by atoms with Gasteiger partial charge in [0.15, 0.2) is 5.58 Å². The Labute approximate surface area is 545 Å². The van der Waals surface area contributed by atoms with Crippen LogP contribution in [0.1, 0.15) is 12.5 Å². The number of anilines is 6. The second-order valence-electron chi connectivity index (χ2n) is 26.3. The molecule has 7 nitrogen and oxygen atoms in total. The highest BCUT2D eigenvalue weighted by Crippen LogP contribution is 2.58. The first kappa shape index (κ1) is 55.2. The average molecular weight is 1230 g/mol. The van der Waals surface area contributed by atoms with E-state index in [1.807, 2.05) is 0 Å². The number of allylic oxidation sites excluding steroid dienone is 6. The van der Waals surface area contributed by atoms with Crippen molar-refractivity contribution in [3.63, 3.8) is 0 Å². The Morgan fingerprint density at radius 2 is 1.11 bits per heavy atom. The molecule has 0 saturated heterocycles. The molecule has 0 amide bonds. The summed E-state index contributed by atoms with van der Waals surface area (Å²) in [5, 5.41) is 13.3. The Hall–Kier alpha value is -11.6. The Balaban J connectivity index is 1.03. The molecule has 0 bridgehead atoms. The molecule has 3 aliphatic heterocycles. The van der Waals surface area contributed by atoms with E-state index in [2.05, 4.69) is 332 Å². The third-order valence-electron chi connectivity index (χ3n) is 19.7. The lowest BCUT2D eigenvalue weighted by atomic mass is 9.88. The zero-order valence-corrected chi connectivity index (χ0v) is 53.5. The maximum absolute atomic E-state index is 9.99. The fourth-order valence-corrected chi connectivity index (χ4v) is 16.3. The fraction of sp³-hybridized carbons (Fsp3) is 0.0814. The molecule has 94 heavy (non-hydrogen) atoms. The molecule has 18 rings (SSSR count). The van der Waals surface area contributed by atoms with E-state index in [0.29, 0.717) is 12.2 Å². The summed E-state index contributed by atoms with van der Waals surface area (Å²) in [4.78, 5) is 14.4. The average Bonchev–Trinajstić information content (AvgIpc) is 1.37. The van der Waals surface area contributed by atoms with Crippen LogP contribution in [0, 0.1) is 6.57 Å². The van der Waals surface area contributed by atoms with Gasteiger partial charge in [-0.2, -0.15) is 0 Å². The van der Waals surface area contributed by atoms with Gasteiger partial charge in [-0.15, -0.1) is 0 Å². The Morgan fingerprint density at radius 1 is 0.500 bits per heavy atom. The maximum atomic E-state index is 9.99. The molecule has 2 atom stereocenters. The lowest BCUT2D eigenvalue weighted by Gasteiger charge is -2.35. The van der Waals surface area contributed by atoms with Crippen LogP contribution in [0.3, 0.4) is 0 Å². The van der Waals surface area contributed by atoms with Crippen molar-refractivity contribution in [2.75, 3.05) is 26.1 Å². The molecule has 2 aliphatic carbocycles. The number of hydrogen-bond acceptors (Lipinski definition) is 6. The van der Waals surface area contributed by atoms with Crippen molar-refractivity contribution in [3.8, 4) is 11.1 Å². The highest BCUT2D eigenvalue weighted by molar-refractivity contribution is 6.88. The number of hydrogen-bond donors (Lipinski definition) is 0. The van der Waals surface area contributed by atoms with Crippen LogP contribution in [0.5, 0.6) is 0 Å². The second kappa shape index (κ2) is 21.5. The van der Waals surface area contributed by atoms with Gasteiger partial charge in [0, 0.05) is 75.2 Å². The Bertz CT molecular complexity index is 5920.